The van der Waals surface area contributed by atoms with E-state index in [1.165, 1.54) is 64.2 Å². The number of halogens is 1. The maximum Gasteiger partial charge on any atom is 0.251 e. The van der Waals surface area contributed by atoms with E-state index in [-0.39, 0.29) is 53.1 Å². The number of hydrogen-bond donors (Lipinski definition) is 9. The molecule has 0 aromatic heterocycles. The van der Waals surface area contributed by atoms with E-state index < -0.39 is 77.5 Å². The minimum atomic E-state index is -1.46. The van der Waals surface area contributed by atoms with E-state index >= 15 is 0 Å². The molecule has 0 spiro atoms. The Kier molecular flexibility index (Phi) is 16.8. The number of carbonyl (C=O) groups is 7. The Labute approximate surface area is 381 Å². The van der Waals surface area contributed by atoms with Gasteiger partial charge in [0, 0.05) is 35.2 Å². The number of benzene rings is 4. The minimum absolute atomic E-state index is 0.0856. The average molecular weight is 911 g/mol. The number of ketones is 1. The Balaban J connectivity index is 1.46. The van der Waals surface area contributed by atoms with Gasteiger partial charge in [0.25, 0.3) is 5.91 Å². The monoisotopic (exact) mass is 910 g/mol. The van der Waals surface area contributed by atoms with Crippen LogP contribution in [-0.4, -0.2) is 107 Å². The molecular formula is C47H55ClN8O9. The second kappa shape index (κ2) is 22.2. The summed E-state index contributed by atoms with van der Waals surface area (Å²) in [5.74, 6) is -5.23. The van der Waals surface area contributed by atoms with E-state index in [1.54, 1.807) is 36.4 Å². The molecule has 6 amide bonds. The fraction of sp³-hybridized carbons (Fsp3) is 0.340. The number of nitrogens with zero attached hydrogens (tertiary/aromatic N) is 1. The molecule has 0 saturated carbocycles. The SMILES string of the molecule is CC(NCC(=O)C(C)NC(=O)C1Cc2ccc(O)c(c2)-c2cc(ccc2O)C(N(C)C(=O)C(CCCCN)NC(=O)c2ccc(-c3ccc(Cl)cc3)cc2)C(=O)NC(C)C(=O)N1)C(N)=O. The summed E-state index contributed by atoms with van der Waals surface area (Å²) in [5.41, 5.74) is 13.9. The smallest absolute Gasteiger partial charge is 0.251 e. The van der Waals surface area contributed by atoms with E-state index in [1.807, 2.05) is 12.1 Å². The van der Waals surface area contributed by atoms with Gasteiger partial charge in [-0.25, -0.2) is 0 Å². The van der Waals surface area contributed by atoms with Crippen molar-refractivity contribution in [2.75, 3.05) is 20.1 Å². The third kappa shape index (κ3) is 12.7. The van der Waals surface area contributed by atoms with Gasteiger partial charge >= 0.3 is 0 Å². The molecule has 65 heavy (non-hydrogen) atoms. The zero-order valence-electron chi connectivity index (χ0n) is 36.5. The van der Waals surface area contributed by atoms with Crippen LogP contribution in [0, 0.1) is 0 Å². The van der Waals surface area contributed by atoms with Crippen LogP contribution in [0.25, 0.3) is 22.3 Å². The second-order valence-electron chi connectivity index (χ2n) is 16.1. The largest absolute Gasteiger partial charge is 0.507 e. The van der Waals surface area contributed by atoms with E-state index in [2.05, 4.69) is 26.6 Å². The minimum Gasteiger partial charge on any atom is -0.507 e. The van der Waals surface area contributed by atoms with Crippen LogP contribution in [0.2, 0.25) is 5.02 Å². The van der Waals surface area contributed by atoms with Crippen molar-refractivity contribution in [1.82, 2.24) is 31.5 Å². The molecular weight excluding hydrogens is 856 g/mol. The molecule has 0 fully saturated rings. The first kappa shape index (κ1) is 49.2. The van der Waals surface area contributed by atoms with Gasteiger partial charge < -0.3 is 47.8 Å². The molecule has 0 saturated heterocycles. The van der Waals surface area contributed by atoms with Gasteiger partial charge in [0.05, 0.1) is 18.6 Å². The molecule has 5 rings (SSSR count). The highest BCUT2D eigenvalue weighted by molar-refractivity contribution is 6.30. The summed E-state index contributed by atoms with van der Waals surface area (Å²) in [5, 5.41) is 36.2. The third-order valence-electron chi connectivity index (χ3n) is 11.2. The predicted molar refractivity (Wildman–Crippen MR) is 244 cm³/mol. The van der Waals surface area contributed by atoms with Crippen LogP contribution in [-0.2, 0) is 35.2 Å². The first-order chi connectivity index (χ1) is 30.9. The number of likely N-dealkylation sites (N-methyl/N-ethyl adjacent to an activating group) is 1. The maximum atomic E-state index is 14.6. The molecule has 6 atom stereocenters. The van der Waals surface area contributed by atoms with Crippen LogP contribution in [0.3, 0.4) is 0 Å². The third-order valence-corrected chi connectivity index (χ3v) is 11.5. The van der Waals surface area contributed by atoms with Gasteiger partial charge in [-0.3, -0.25) is 38.9 Å². The zero-order chi connectivity index (χ0) is 47.5. The Morgan fingerprint density at radius 3 is 2.06 bits per heavy atom. The summed E-state index contributed by atoms with van der Waals surface area (Å²) >= 11 is 6.05. The van der Waals surface area contributed by atoms with Crippen molar-refractivity contribution < 1.29 is 43.8 Å². The molecule has 4 bridgehead atoms. The molecule has 1 aliphatic rings. The van der Waals surface area contributed by atoms with Crippen molar-refractivity contribution in [2.24, 2.45) is 11.5 Å². The molecule has 17 nitrogen and oxygen atoms in total. The summed E-state index contributed by atoms with van der Waals surface area (Å²) in [6.45, 7) is 4.36. The van der Waals surface area contributed by atoms with Gasteiger partial charge in [-0.15, -0.1) is 0 Å². The van der Waals surface area contributed by atoms with Gasteiger partial charge in [0.15, 0.2) is 5.78 Å². The number of amides is 6. The number of nitrogens with one attached hydrogen (secondary N) is 5. The number of hydrogen-bond acceptors (Lipinski definition) is 11. The lowest BCUT2D eigenvalue weighted by Crippen LogP contribution is -2.57. The summed E-state index contributed by atoms with van der Waals surface area (Å²) < 4.78 is 0. The van der Waals surface area contributed by atoms with Gasteiger partial charge in [0.2, 0.25) is 29.5 Å². The number of phenols is 2. The molecule has 4 aromatic rings. The fourth-order valence-electron chi connectivity index (χ4n) is 7.24. The summed E-state index contributed by atoms with van der Waals surface area (Å²) in [6, 6.07) is 15.5. The fourth-order valence-corrected chi connectivity index (χ4v) is 7.36. The molecule has 0 aliphatic carbocycles. The van der Waals surface area contributed by atoms with Gasteiger partial charge in [-0.05, 0) is 117 Å². The quantitative estimate of drug-likeness (QED) is 0.0738. The number of phenolic OH excluding ortho intramolecular Hbond substituents is 2. The lowest BCUT2D eigenvalue weighted by Gasteiger charge is -2.32. The van der Waals surface area contributed by atoms with E-state index in [9.17, 15) is 43.8 Å². The molecule has 11 N–H and O–H groups in total. The van der Waals surface area contributed by atoms with E-state index in [0.717, 1.165) is 16.0 Å². The van der Waals surface area contributed by atoms with E-state index in [0.29, 0.717) is 30.0 Å². The summed E-state index contributed by atoms with van der Waals surface area (Å²) in [4.78, 5) is 95.7. The number of nitrogens with two attached hydrogens (primary N) is 2. The van der Waals surface area contributed by atoms with Crippen molar-refractivity contribution in [2.45, 2.75) is 82.7 Å². The standard InChI is InChI=1S/C47H55ClN8O9/c1-25(40(59)24-51-26(2)42(50)60)52-45(63)37-22-28-8-18-38(57)34(21-28)35-23-32(15-19-39(35)58)41(46(64)53-27(3)43(61)55-37)56(4)47(65)36(7-5-6-20-49)54-44(62)31-11-9-29(10-12-31)30-13-16-33(48)17-14-30/h8-19,21,23,25-27,36-37,41,51,57-58H,5-7,20,22,24,49H2,1-4H3,(H2,50,60)(H,52,63)(H,53,64)(H,54,62)(H,55,61). The Morgan fingerprint density at radius 2 is 1.43 bits per heavy atom. The van der Waals surface area contributed by atoms with Crippen LogP contribution >= 0.6 is 11.6 Å². The molecule has 1 heterocycles. The molecule has 18 heteroatoms. The molecule has 0 radical (unpaired) electrons. The van der Waals surface area contributed by atoms with Crippen LogP contribution in [0.5, 0.6) is 11.5 Å². The van der Waals surface area contributed by atoms with Crippen molar-refractivity contribution in [1.29, 1.82) is 0 Å². The van der Waals surface area contributed by atoms with Gasteiger partial charge in [-0.2, -0.15) is 0 Å². The summed E-state index contributed by atoms with van der Waals surface area (Å²) in [7, 11) is 1.38. The molecule has 1 aliphatic heterocycles. The van der Waals surface area contributed by atoms with Crippen molar-refractivity contribution in [3.63, 3.8) is 0 Å². The van der Waals surface area contributed by atoms with Crippen molar-refractivity contribution in [3.8, 4) is 33.8 Å². The maximum absolute atomic E-state index is 14.6. The Morgan fingerprint density at radius 1 is 0.815 bits per heavy atom. The van der Waals surface area contributed by atoms with Crippen LogP contribution in [0.15, 0.2) is 84.9 Å². The second-order valence-corrected chi connectivity index (χ2v) is 16.5. The van der Waals surface area contributed by atoms with Crippen LogP contribution < -0.4 is 38.1 Å². The first-order valence-corrected chi connectivity index (χ1v) is 21.5. The Hall–Kier alpha value is -6.82. The number of primary amides is 1. The molecule has 4 aromatic carbocycles. The lowest BCUT2D eigenvalue weighted by atomic mass is 9.93. The Bertz CT molecular complexity index is 2410. The topological polar surface area (TPSA) is 275 Å². The van der Waals surface area contributed by atoms with Crippen LogP contribution in [0.1, 0.15) is 67.6 Å². The first-order valence-electron chi connectivity index (χ1n) is 21.1. The van der Waals surface area contributed by atoms with E-state index in [4.69, 9.17) is 23.1 Å². The van der Waals surface area contributed by atoms with Gasteiger partial charge in [-0.1, -0.05) is 48.0 Å². The lowest BCUT2D eigenvalue weighted by molar-refractivity contribution is -0.141. The number of rotatable bonds is 16. The normalized spacial score (nSPS) is 17.5. The molecule has 344 valence electrons. The zero-order valence-corrected chi connectivity index (χ0v) is 37.3. The highest BCUT2D eigenvalue weighted by atomic mass is 35.5. The number of Topliss-reactive ketones (excluding diaryl/α,β-unsaturated/α-hetero) is 1. The van der Waals surface area contributed by atoms with Gasteiger partial charge in [0.1, 0.15) is 35.7 Å². The van der Waals surface area contributed by atoms with Crippen molar-refractivity contribution >= 4 is 52.8 Å². The van der Waals surface area contributed by atoms with Crippen molar-refractivity contribution in [3.05, 3.63) is 107 Å². The number of aromatic hydroxyl groups is 2. The number of carbonyl (C=O) groups excluding carboxylic acids is 7. The predicted octanol–water partition coefficient (Wildman–Crippen LogP) is 2.60. The molecule has 6 unspecified atom stereocenters. The highest BCUT2D eigenvalue weighted by Gasteiger charge is 2.36. The summed E-state index contributed by atoms with van der Waals surface area (Å²) in [6.07, 6.45) is 1.02. The average Bonchev–Trinajstić information content (AvgIpc) is 3.28. The van der Waals surface area contributed by atoms with Crippen LogP contribution in [0.4, 0.5) is 0 Å². The number of fused-ring (bicyclic) bond motifs is 5. The number of unbranched alkanes of at least 4 members (excludes halogenated alkanes) is 1. The highest BCUT2D eigenvalue weighted by Crippen LogP contribution is 2.39.